The molecule has 2 unspecified atom stereocenters. The lowest BCUT2D eigenvalue weighted by Gasteiger charge is -2.24. The van der Waals surface area contributed by atoms with Gasteiger partial charge in [0.15, 0.2) is 0 Å². The molecule has 2 nitrogen and oxygen atoms in total. The molecule has 0 aliphatic carbocycles. The Bertz CT molecular complexity index is 382. The van der Waals surface area contributed by atoms with E-state index in [1.54, 1.807) is 6.07 Å². The highest BCUT2D eigenvalue weighted by Gasteiger charge is 2.16. The minimum Gasteiger partial charge on any atom is -0.395 e. The van der Waals surface area contributed by atoms with Crippen molar-refractivity contribution in [1.82, 2.24) is 5.32 Å². The van der Waals surface area contributed by atoms with Gasteiger partial charge in [-0.2, -0.15) is 0 Å². The van der Waals surface area contributed by atoms with Gasteiger partial charge in [0.2, 0.25) is 0 Å². The number of nitrogens with one attached hydrogen (secondary N) is 1. The maximum Gasteiger partial charge on any atom is 0.0584 e. The van der Waals surface area contributed by atoms with Crippen LogP contribution < -0.4 is 5.32 Å². The Kier molecular flexibility index (Phi) is 6.44. The van der Waals surface area contributed by atoms with E-state index in [1.165, 1.54) is 0 Å². The summed E-state index contributed by atoms with van der Waals surface area (Å²) < 4.78 is 0. The van der Waals surface area contributed by atoms with Gasteiger partial charge in [0, 0.05) is 22.1 Å². The predicted octanol–water partition coefficient (Wildman–Crippen LogP) is 4.05. The molecule has 0 fully saturated rings. The highest BCUT2D eigenvalue weighted by atomic mass is 35.5. The van der Waals surface area contributed by atoms with Crippen LogP contribution in [0.3, 0.4) is 0 Å². The second-order valence-electron chi connectivity index (χ2n) is 5.06. The number of hydrogen-bond acceptors (Lipinski definition) is 2. The molecule has 1 aromatic carbocycles. The molecule has 0 bridgehead atoms. The van der Waals surface area contributed by atoms with Crippen molar-refractivity contribution in [3.63, 3.8) is 0 Å². The molecule has 0 aromatic heterocycles. The third-order valence-corrected chi connectivity index (χ3v) is 3.45. The van der Waals surface area contributed by atoms with E-state index in [4.69, 9.17) is 23.2 Å². The van der Waals surface area contributed by atoms with Gasteiger partial charge in [-0.3, -0.25) is 0 Å². The van der Waals surface area contributed by atoms with Gasteiger partial charge in [-0.05, 0) is 37.0 Å². The van der Waals surface area contributed by atoms with Crippen LogP contribution in [0.25, 0.3) is 0 Å². The van der Waals surface area contributed by atoms with Crippen molar-refractivity contribution in [3.8, 4) is 0 Å². The molecule has 0 aliphatic rings. The Labute approximate surface area is 119 Å². The van der Waals surface area contributed by atoms with Crippen molar-refractivity contribution in [2.24, 2.45) is 5.92 Å². The third kappa shape index (κ3) is 4.77. The number of halogens is 2. The molecule has 1 aromatic rings. The Hall–Kier alpha value is -0.280. The summed E-state index contributed by atoms with van der Waals surface area (Å²) in [4.78, 5) is 0. The summed E-state index contributed by atoms with van der Waals surface area (Å²) in [7, 11) is 0. The van der Waals surface area contributed by atoms with E-state index in [2.05, 4.69) is 19.2 Å². The Morgan fingerprint density at radius 2 is 1.89 bits per heavy atom. The van der Waals surface area contributed by atoms with Crippen LogP contribution in [0, 0.1) is 5.92 Å². The average molecular weight is 290 g/mol. The largest absolute Gasteiger partial charge is 0.395 e. The van der Waals surface area contributed by atoms with Gasteiger partial charge in [-0.15, -0.1) is 0 Å². The zero-order valence-electron chi connectivity index (χ0n) is 11.1. The first-order chi connectivity index (χ1) is 8.43. The molecule has 0 amide bonds. The molecule has 4 heteroatoms. The van der Waals surface area contributed by atoms with Gasteiger partial charge >= 0.3 is 0 Å². The van der Waals surface area contributed by atoms with Gasteiger partial charge < -0.3 is 10.4 Å². The standard InChI is InChI=1S/C14H21Cl2NO/c1-9(2)6-12(8-18)17-10(3)13-5-4-11(15)7-14(13)16/h4-5,7,9-10,12,17-18H,6,8H2,1-3H3. The highest BCUT2D eigenvalue weighted by molar-refractivity contribution is 6.35. The van der Waals surface area contributed by atoms with E-state index in [-0.39, 0.29) is 18.7 Å². The van der Waals surface area contributed by atoms with Crippen molar-refractivity contribution in [2.75, 3.05) is 6.61 Å². The zero-order valence-corrected chi connectivity index (χ0v) is 12.6. The second kappa shape index (κ2) is 7.34. The average Bonchev–Trinajstić information content (AvgIpc) is 2.27. The molecule has 0 aliphatic heterocycles. The van der Waals surface area contributed by atoms with E-state index < -0.39 is 0 Å². The number of rotatable bonds is 6. The molecule has 0 saturated carbocycles. The summed E-state index contributed by atoms with van der Waals surface area (Å²) in [6.45, 7) is 6.46. The van der Waals surface area contributed by atoms with Crippen LogP contribution in [0.5, 0.6) is 0 Å². The maximum absolute atomic E-state index is 9.37. The number of aliphatic hydroxyl groups excluding tert-OH is 1. The van der Waals surface area contributed by atoms with Crippen molar-refractivity contribution >= 4 is 23.2 Å². The van der Waals surface area contributed by atoms with Crippen molar-refractivity contribution in [3.05, 3.63) is 33.8 Å². The van der Waals surface area contributed by atoms with Crippen LogP contribution in [-0.2, 0) is 0 Å². The number of benzene rings is 1. The zero-order chi connectivity index (χ0) is 13.7. The van der Waals surface area contributed by atoms with Crippen LogP contribution in [0.15, 0.2) is 18.2 Å². The molecular weight excluding hydrogens is 269 g/mol. The third-order valence-electron chi connectivity index (χ3n) is 2.89. The maximum atomic E-state index is 9.37. The van der Waals surface area contributed by atoms with Crippen LogP contribution in [0.2, 0.25) is 10.0 Å². The van der Waals surface area contributed by atoms with E-state index in [0.717, 1.165) is 12.0 Å². The van der Waals surface area contributed by atoms with Crippen molar-refractivity contribution < 1.29 is 5.11 Å². The molecule has 2 N–H and O–H groups in total. The van der Waals surface area contributed by atoms with Gasteiger partial charge in [-0.1, -0.05) is 43.1 Å². The Morgan fingerprint density at radius 3 is 2.39 bits per heavy atom. The van der Waals surface area contributed by atoms with Crippen LogP contribution in [0.1, 0.15) is 38.8 Å². The predicted molar refractivity (Wildman–Crippen MR) is 78.3 cm³/mol. The first kappa shape index (κ1) is 15.8. The highest BCUT2D eigenvalue weighted by Crippen LogP contribution is 2.26. The van der Waals surface area contributed by atoms with E-state index in [9.17, 15) is 5.11 Å². The monoisotopic (exact) mass is 289 g/mol. The number of aliphatic hydroxyl groups is 1. The van der Waals surface area contributed by atoms with Crippen molar-refractivity contribution in [2.45, 2.75) is 39.3 Å². The lowest BCUT2D eigenvalue weighted by atomic mass is 10.0. The molecule has 0 heterocycles. The van der Waals surface area contributed by atoms with E-state index in [0.29, 0.717) is 16.0 Å². The van der Waals surface area contributed by atoms with Crippen LogP contribution in [-0.4, -0.2) is 17.8 Å². The fraction of sp³-hybridized carbons (Fsp3) is 0.571. The van der Waals surface area contributed by atoms with Gasteiger partial charge in [0.25, 0.3) is 0 Å². The Balaban J connectivity index is 2.71. The molecule has 102 valence electrons. The lowest BCUT2D eigenvalue weighted by Crippen LogP contribution is -2.35. The quantitative estimate of drug-likeness (QED) is 0.828. The molecule has 18 heavy (non-hydrogen) atoms. The fourth-order valence-electron chi connectivity index (χ4n) is 2.06. The van der Waals surface area contributed by atoms with Gasteiger partial charge in [0.1, 0.15) is 0 Å². The topological polar surface area (TPSA) is 32.3 Å². The molecular formula is C14H21Cl2NO. The van der Waals surface area contributed by atoms with E-state index in [1.807, 2.05) is 19.1 Å². The fourth-order valence-corrected chi connectivity index (χ4v) is 2.63. The summed E-state index contributed by atoms with van der Waals surface area (Å²) >= 11 is 12.0. The first-order valence-corrected chi connectivity index (χ1v) is 7.01. The molecule has 0 radical (unpaired) electrons. The van der Waals surface area contributed by atoms with Crippen molar-refractivity contribution in [1.29, 1.82) is 0 Å². The van der Waals surface area contributed by atoms with Crippen LogP contribution >= 0.6 is 23.2 Å². The van der Waals surface area contributed by atoms with Gasteiger partial charge in [-0.25, -0.2) is 0 Å². The Morgan fingerprint density at radius 1 is 1.22 bits per heavy atom. The number of hydrogen-bond donors (Lipinski definition) is 2. The molecule has 1 rings (SSSR count). The van der Waals surface area contributed by atoms with Crippen LogP contribution in [0.4, 0.5) is 0 Å². The summed E-state index contributed by atoms with van der Waals surface area (Å²) in [6.07, 6.45) is 0.937. The van der Waals surface area contributed by atoms with E-state index >= 15 is 0 Å². The SMILES string of the molecule is CC(C)CC(CO)NC(C)c1ccc(Cl)cc1Cl. The molecule has 2 atom stereocenters. The lowest BCUT2D eigenvalue weighted by molar-refractivity contribution is 0.215. The second-order valence-corrected chi connectivity index (χ2v) is 5.91. The minimum absolute atomic E-state index is 0.0886. The summed E-state index contributed by atoms with van der Waals surface area (Å²) in [5.74, 6) is 0.544. The summed E-state index contributed by atoms with van der Waals surface area (Å²) in [5, 5.41) is 14.1. The summed E-state index contributed by atoms with van der Waals surface area (Å²) in [5.41, 5.74) is 1.00. The minimum atomic E-state index is 0.0886. The molecule has 0 spiro atoms. The van der Waals surface area contributed by atoms with Gasteiger partial charge in [0.05, 0.1) is 6.61 Å². The smallest absolute Gasteiger partial charge is 0.0584 e. The summed E-state index contributed by atoms with van der Waals surface area (Å²) in [6, 6.07) is 5.67. The first-order valence-electron chi connectivity index (χ1n) is 6.26. The normalized spacial score (nSPS) is 14.8. The molecule has 0 saturated heterocycles.